The number of amides is 3. The van der Waals surface area contributed by atoms with Crippen LogP contribution in [0.25, 0.3) is 5.57 Å². The fraction of sp³-hybridized carbons (Fsp3) is 0.560. The number of hydrogen-bond donors (Lipinski definition) is 1. The molecule has 3 amide bonds. The fourth-order valence-corrected chi connectivity index (χ4v) is 4.60. The molecule has 8 heteroatoms. The highest BCUT2D eigenvalue weighted by Gasteiger charge is 2.44. The highest BCUT2D eigenvalue weighted by atomic mass is 16.5. The molecule has 33 heavy (non-hydrogen) atoms. The standard InChI is InChI=1S/C25H35N3O5/c1-18(29)26-20-12-10-19(11-13-20)22-23(27(14-16-32-2)15-17-33-3)25(31)28(24(22)30)21-8-6-4-5-7-9-21/h10-13,21H,4-9,14-17H2,1-3H3,(H,26,29). The molecule has 0 saturated heterocycles. The van der Waals surface area contributed by atoms with Crippen LogP contribution in [0.1, 0.15) is 51.0 Å². The van der Waals surface area contributed by atoms with Crippen molar-refractivity contribution in [3.63, 3.8) is 0 Å². The predicted molar refractivity (Wildman–Crippen MR) is 126 cm³/mol. The summed E-state index contributed by atoms with van der Waals surface area (Å²) < 4.78 is 10.5. The normalized spacial score (nSPS) is 17.5. The van der Waals surface area contributed by atoms with Gasteiger partial charge in [-0.1, -0.05) is 37.8 Å². The summed E-state index contributed by atoms with van der Waals surface area (Å²) in [6, 6.07) is 7.00. The molecule has 0 bridgehead atoms. The first-order valence-corrected chi connectivity index (χ1v) is 11.7. The highest BCUT2D eigenvalue weighted by Crippen LogP contribution is 2.36. The molecule has 3 rings (SSSR count). The van der Waals surface area contributed by atoms with Gasteiger partial charge >= 0.3 is 0 Å². The molecule has 8 nitrogen and oxygen atoms in total. The minimum absolute atomic E-state index is 0.0784. The molecule has 1 aliphatic carbocycles. The number of ether oxygens (including phenoxy) is 2. The summed E-state index contributed by atoms with van der Waals surface area (Å²) in [5.41, 5.74) is 2.12. The average molecular weight is 458 g/mol. The van der Waals surface area contributed by atoms with Gasteiger partial charge in [0.1, 0.15) is 5.70 Å². The molecule has 0 spiro atoms. The van der Waals surface area contributed by atoms with Crippen molar-refractivity contribution in [1.29, 1.82) is 0 Å². The van der Waals surface area contributed by atoms with Gasteiger partial charge in [-0.25, -0.2) is 0 Å². The molecule has 1 N–H and O–H groups in total. The Morgan fingerprint density at radius 1 is 0.970 bits per heavy atom. The van der Waals surface area contributed by atoms with E-state index in [2.05, 4.69) is 5.32 Å². The van der Waals surface area contributed by atoms with Gasteiger partial charge < -0.3 is 19.7 Å². The summed E-state index contributed by atoms with van der Waals surface area (Å²) in [6.45, 7) is 3.24. The monoisotopic (exact) mass is 457 g/mol. The largest absolute Gasteiger partial charge is 0.383 e. The number of hydrogen-bond acceptors (Lipinski definition) is 6. The quantitative estimate of drug-likeness (QED) is 0.429. The lowest BCUT2D eigenvalue weighted by molar-refractivity contribution is -0.140. The Morgan fingerprint density at radius 3 is 2.06 bits per heavy atom. The summed E-state index contributed by atoms with van der Waals surface area (Å²) in [5, 5.41) is 2.74. The number of anilines is 1. The smallest absolute Gasteiger partial charge is 0.278 e. The number of methoxy groups -OCH3 is 2. The van der Waals surface area contributed by atoms with Crippen LogP contribution in [-0.4, -0.2) is 74.1 Å². The summed E-state index contributed by atoms with van der Waals surface area (Å²) in [6.07, 6.45) is 6.01. The third-order valence-electron chi connectivity index (χ3n) is 6.22. The van der Waals surface area contributed by atoms with Gasteiger partial charge in [0.15, 0.2) is 0 Å². The van der Waals surface area contributed by atoms with Gasteiger partial charge in [0.2, 0.25) is 5.91 Å². The molecule has 1 saturated carbocycles. The van der Waals surface area contributed by atoms with E-state index in [0.29, 0.717) is 48.8 Å². The number of carbonyl (C=O) groups is 3. The first-order valence-electron chi connectivity index (χ1n) is 11.7. The van der Waals surface area contributed by atoms with E-state index in [0.717, 1.165) is 38.5 Å². The molecular weight excluding hydrogens is 422 g/mol. The number of carbonyl (C=O) groups excluding carboxylic acids is 3. The summed E-state index contributed by atoms with van der Waals surface area (Å²) >= 11 is 0. The van der Waals surface area contributed by atoms with Crippen LogP contribution in [-0.2, 0) is 23.9 Å². The maximum Gasteiger partial charge on any atom is 0.278 e. The van der Waals surface area contributed by atoms with E-state index < -0.39 is 0 Å². The van der Waals surface area contributed by atoms with Gasteiger partial charge in [-0.2, -0.15) is 0 Å². The van der Waals surface area contributed by atoms with Crippen LogP contribution < -0.4 is 5.32 Å². The van der Waals surface area contributed by atoms with Gasteiger partial charge in [-0.15, -0.1) is 0 Å². The lowest BCUT2D eigenvalue weighted by Crippen LogP contribution is -2.43. The zero-order valence-corrected chi connectivity index (χ0v) is 19.9. The number of rotatable bonds is 10. The Balaban J connectivity index is 2.02. The Morgan fingerprint density at radius 2 is 1.55 bits per heavy atom. The molecule has 0 aromatic heterocycles. The number of benzene rings is 1. The van der Waals surface area contributed by atoms with E-state index in [-0.39, 0.29) is 23.8 Å². The van der Waals surface area contributed by atoms with Gasteiger partial charge in [-0.3, -0.25) is 19.3 Å². The molecule has 1 aromatic carbocycles. The topological polar surface area (TPSA) is 88.2 Å². The van der Waals surface area contributed by atoms with Crippen molar-refractivity contribution in [2.24, 2.45) is 0 Å². The zero-order chi connectivity index (χ0) is 23.8. The third kappa shape index (κ3) is 6.00. The zero-order valence-electron chi connectivity index (χ0n) is 19.9. The molecular formula is C25H35N3O5. The van der Waals surface area contributed by atoms with Gasteiger partial charge in [0.25, 0.3) is 11.8 Å². The Kier molecular flexibility index (Phi) is 9.03. The second kappa shape index (κ2) is 12.0. The molecule has 0 atom stereocenters. The molecule has 1 fully saturated rings. The number of nitrogens with one attached hydrogen (secondary N) is 1. The van der Waals surface area contributed by atoms with Crippen molar-refractivity contribution >= 4 is 29.0 Å². The van der Waals surface area contributed by atoms with Gasteiger partial charge in [0.05, 0.1) is 18.8 Å². The van der Waals surface area contributed by atoms with Crippen molar-refractivity contribution in [1.82, 2.24) is 9.80 Å². The second-order valence-corrected chi connectivity index (χ2v) is 8.58. The van der Waals surface area contributed by atoms with Crippen LogP contribution in [0.15, 0.2) is 30.0 Å². The fourth-order valence-electron chi connectivity index (χ4n) is 4.60. The Hall–Kier alpha value is -2.71. The summed E-state index contributed by atoms with van der Waals surface area (Å²) in [4.78, 5) is 42.3. The van der Waals surface area contributed by atoms with Crippen molar-refractivity contribution in [3.05, 3.63) is 35.5 Å². The summed E-state index contributed by atoms with van der Waals surface area (Å²) in [5.74, 6) is -0.645. The Bertz CT molecular complexity index is 865. The first kappa shape index (κ1) is 24.9. The number of nitrogens with zero attached hydrogens (tertiary/aromatic N) is 2. The first-order chi connectivity index (χ1) is 16.0. The lowest BCUT2D eigenvalue weighted by atomic mass is 10.0. The van der Waals surface area contributed by atoms with E-state index in [1.807, 2.05) is 4.90 Å². The maximum absolute atomic E-state index is 13.8. The van der Waals surface area contributed by atoms with E-state index in [1.165, 1.54) is 11.8 Å². The van der Waals surface area contributed by atoms with Crippen LogP contribution in [0.5, 0.6) is 0 Å². The Labute approximate surface area is 195 Å². The SMILES string of the molecule is COCCN(CCOC)C1=C(c2ccc(NC(C)=O)cc2)C(=O)N(C2CCCCCC2)C1=O. The van der Waals surface area contributed by atoms with Gasteiger partial charge in [-0.05, 0) is 30.5 Å². The predicted octanol–water partition coefficient (Wildman–Crippen LogP) is 3.04. The highest BCUT2D eigenvalue weighted by molar-refractivity contribution is 6.35. The van der Waals surface area contributed by atoms with Gasteiger partial charge in [0, 0.05) is 46.0 Å². The third-order valence-corrected chi connectivity index (χ3v) is 6.22. The molecule has 0 unspecified atom stereocenters. The minimum atomic E-state index is -0.242. The van der Waals surface area contributed by atoms with E-state index in [4.69, 9.17) is 9.47 Å². The van der Waals surface area contributed by atoms with Crippen LogP contribution in [0.3, 0.4) is 0 Å². The van der Waals surface area contributed by atoms with E-state index in [1.54, 1.807) is 38.5 Å². The van der Waals surface area contributed by atoms with Crippen molar-refractivity contribution in [3.8, 4) is 0 Å². The molecule has 1 aromatic rings. The van der Waals surface area contributed by atoms with E-state index in [9.17, 15) is 14.4 Å². The van der Waals surface area contributed by atoms with Crippen LogP contribution in [0.4, 0.5) is 5.69 Å². The van der Waals surface area contributed by atoms with Crippen LogP contribution in [0.2, 0.25) is 0 Å². The molecule has 1 aliphatic heterocycles. The maximum atomic E-state index is 13.8. The molecule has 2 aliphatic rings. The second-order valence-electron chi connectivity index (χ2n) is 8.58. The summed E-state index contributed by atoms with van der Waals surface area (Å²) in [7, 11) is 3.23. The van der Waals surface area contributed by atoms with Crippen LogP contribution in [0, 0.1) is 0 Å². The van der Waals surface area contributed by atoms with Crippen molar-refractivity contribution in [2.75, 3.05) is 45.8 Å². The van der Waals surface area contributed by atoms with Crippen molar-refractivity contribution < 1.29 is 23.9 Å². The molecule has 0 radical (unpaired) electrons. The van der Waals surface area contributed by atoms with Crippen molar-refractivity contribution in [2.45, 2.75) is 51.5 Å². The minimum Gasteiger partial charge on any atom is -0.383 e. The molecule has 1 heterocycles. The lowest BCUT2D eigenvalue weighted by Gasteiger charge is -2.28. The van der Waals surface area contributed by atoms with E-state index >= 15 is 0 Å². The number of imide groups is 1. The molecule has 180 valence electrons. The average Bonchev–Trinajstić information content (AvgIpc) is 2.95. The van der Waals surface area contributed by atoms with Crippen LogP contribution >= 0.6 is 0 Å².